The number of ether oxygens (including phenoxy) is 1. The van der Waals surface area contributed by atoms with E-state index in [4.69, 9.17) is 23.4 Å². The topological polar surface area (TPSA) is 38.5 Å². The van der Waals surface area contributed by atoms with Gasteiger partial charge in [0.2, 0.25) is 4.77 Å². The average Bonchev–Trinajstić information content (AvgIpc) is 2.97. The molecule has 0 unspecified atom stereocenters. The third-order valence-electron chi connectivity index (χ3n) is 4.19. The normalized spacial score (nSPS) is 16.0. The Labute approximate surface area is 147 Å². The number of aromatic nitrogens is 3. The number of nitrogens with zero attached hydrogens (tertiary/aromatic N) is 5. The van der Waals surface area contributed by atoms with Gasteiger partial charge in [-0.05, 0) is 24.4 Å². The van der Waals surface area contributed by atoms with Crippen molar-refractivity contribution in [2.24, 2.45) is 0 Å². The summed E-state index contributed by atoms with van der Waals surface area (Å²) in [6.07, 6.45) is 7.12. The van der Waals surface area contributed by atoms with Crippen LogP contribution in [0.15, 0.2) is 30.6 Å². The van der Waals surface area contributed by atoms with Crippen LogP contribution in [0.25, 0.3) is 5.69 Å². The summed E-state index contributed by atoms with van der Waals surface area (Å²) in [6.45, 7) is 5.28. The van der Waals surface area contributed by atoms with E-state index in [2.05, 4.69) is 20.8 Å². The second-order valence-corrected chi connectivity index (χ2v) is 6.06. The predicted octanol–water partition coefficient (Wildman–Crippen LogP) is 1.62. The van der Waals surface area contributed by atoms with Gasteiger partial charge in [0.15, 0.2) is 0 Å². The predicted molar refractivity (Wildman–Crippen MR) is 95.8 cm³/mol. The molecule has 0 N–H and O–H groups in total. The van der Waals surface area contributed by atoms with Crippen LogP contribution in [0.5, 0.6) is 5.75 Å². The van der Waals surface area contributed by atoms with Crippen LogP contribution >= 0.6 is 12.2 Å². The molecule has 6 nitrogen and oxygen atoms in total. The maximum absolute atomic E-state index is 5.59. The van der Waals surface area contributed by atoms with Gasteiger partial charge in [-0.25, -0.2) is 4.68 Å². The largest absolute Gasteiger partial charge is 0.495 e. The van der Waals surface area contributed by atoms with Crippen molar-refractivity contribution in [3.8, 4) is 23.8 Å². The van der Waals surface area contributed by atoms with Gasteiger partial charge in [-0.2, -0.15) is 5.10 Å². The van der Waals surface area contributed by atoms with Gasteiger partial charge in [0.25, 0.3) is 0 Å². The Morgan fingerprint density at radius 1 is 1.21 bits per heavy atom. The third-order valence-corrected chi connectivity index (χ3v) is 4.60. The number of rotatable bonds is 5. The van der Waals surface area contributed by atoms with Crippen LogP contribution in [0.3, 0.4) is 0 Å². The van der Waals surface area contributed by atoms with Crippen LogP contribution in [-0.2, 0) is 6.67 Å². The highest BCUT2D eigenvalue weighted by atomic mass is 32.1. The summed E-state index contributed by atoms with van der Waals surface area (Å²) in [5.74, 6) is 3.48. The molecule has 0 aliphatic carbocycles. The molecule has 0 radical (unpaired) electrons. The van der Waals surface area contributed by atoms with Crippen molar-refractivity contribution in [2.45, 2.75) is 6.67 Å². The van der Waals surface area contributed by atoms with Crippen molar-refractivity contribution < 1.29 is 4.74 Å². The Hall–Kier alpha value is -2.14. The van der Waals surface area contributed by atoms with Crippen LogP contribution in [-0.4, -0.2) is 64.0 Å². The van der Waals surface area contributed by atoms with E-state index in [0.717, 1.165) is 44.2 Å². The van der Waals surface area contributed by atoms with E-state index in [0.29, 0.717) is 11.4 Å². The molecule has 1 aliphatic rings. The summed E-state index contributed by atoms with van der Waals surface area (Å²) in [7, 11) is 1.66. The van der Waals surface area contributed by atoms with Crippen molar-refractivity contribution in [1.82, 2.24) is 24.1 Å². The summed E-state index contributed by atoms with van der Waals surface area (Å²) in [5.41, 5.74) is 0.898. The lowest BCUT2D eigenvalue weighted by Crippen LogP contribution is -2.46. The Kier molecular flexibility index (Phi) is 5.30. The standard InChI is InChI=1S/C17H21N5OS/c1-3-8-19-9-11-20(12-10-19)14-22-17(24)21(13-18-22)15-6-4-5-7-16(15)23-2/h1,4-7,13H,8-12,14H2,2H3. The van der Waals surface area contributed by atoms with Crippen LogP contribution in [0, 0.1) is 17.1 Å². The van der Waals surface area contributed by atoms with E-state index >= 15 is 0 Å². The molecule has 1 saturated heterocycles. The van der Waals surface area contributed by atoms with Gasteiger partial charge in [0, 0.05) is 26.2 Å². The Bertz CT molecular complexity index is 783. The maximum atomic E-state index is 5.59. The fourth-order valence-corrected chi connectivity index (χ4v) is 3.09. The zero-order valence-corrected chi connectivity index (χ0v) is 14.6. The van der Waals surface area contributed by atoms with Crippen LogP contribution < -0.4 is 4.74 Å². The van der Waals surface area contributed by atoms with Gasteiger partial charge < -0.3 is 4.74 Å². The number of para-hydroxylation sites is 2. The van der Waals surface area contributed by atoms with E-state index in [1.54, 1.807) is 13.4 Å². The van der Waals surface area contributed by atoms with Gasteiger partial charge >= 0.3 is 0 Å². The molecule has 7 heteroatoms. The lowest BCUT2D eigenvalue weighted by atomic mass is 10.3. The number of terminal acetylenes is 1. The molecule has 1 aliphatic heterocycles. The first-order chi connectivity index (χ1) is 11.7. The molecule has 0 amide bonds. The molecule has 2 heterocycles. The smallest absolute Gasteiger partial charge is 0.203 e. The van der Waals surface area contributed by atoms with E-state index in [9.17, 15) is 0 Å². The Morgan fingerprint density at radius 2 is 1.92 bits per heavy atom. The van der Waals surface area contributed by atoms with E-state index in [-0.39, 0.29) is 0 Å². The summed E-state index contributed by atoms with van der Waals surface area (Å²) >= 11 is 5.59. The second-order valence-electron chi connectivity index (χ2n) is 5.69. The minimum atomic E-state index is 0.658. The number of methoxy groups -OCH3 is 1. The summed E-state index contributed by atoms with van der Waals surface area (Å²) in [4.78, 5) is 4.62. The first-order valence-corrected chi connectivity index (χ1v) is 8.30. The maximum Gasteiger partial charge on any atom is 0.203 e. The molecule has 2 aromatic rings. The average molecular weight is 343 g/mol. The molecule has 1 fully saturated rings. The molecule has 0 spiro atoms. The van der Waals surface area contributed by atoms with E-state index < -0.39 is 0 Å². The first-order valence-electron chi connectivity index (χ1n) is 7.89. The van der Waals surface area contributed by atoms with Crippen LogP contribution in [0.1, 0.15) is 0 Å². The molecular formula is C17H21N5OS. The fraction of sp³-hybridized carbons (Fsp3) is 0.412. The summed E-state index contributed by atoms with van der Waals surface area (Å²) in [6, 6.07) is 7.78. The zero-order chi connectivity index (χ0) is 16.9. The Morgan fingerprint density at radius 3 is 2.62 bits per heavy atom. The molecule has 126 valence electrons. The van der Waals surface area contributed by atoms with Crippen LogP contribution in [0.2, 0.25) is 0 Å². The molecule has 1 aromatic carbocycles. The lowest BCUT2D eigenvalue weighted by Gasteiger charge is -2.33. The van der Waals surface area contributed by atoms with E-state index in [1.807, 2.05) is 33.5 Å². The molecule has 0 bridgehead atoms. The van der Waals surface area contributed by atoms with Gasteiger partial charge in [-0.3, -0.25) is 14.4 Å². The van der Waals surface area contributed by atoms with Gasteiger partial charge in [0.05, 0.1) is 26.0 Å². The highest BCUT2D eigenvalue weighted by Gasteiger charge is 2.17. The molecular weight excluding hydrogens is 322 g/mol. The third kappa shape index (κ3) is 3.51. The van der Waals surface area contributed by atoms with Crippen molar-refractivity contribution in [3.05, 3.63) is 35.4 Å². The number of piperazine rings is 1. The van der Waals surface area contributed by atoms with E-state index in [1.165, 1.54) is 0 Å². The minimum Gasteiger partial charge on any atom is -0.495 e. The van der Waals surface area contributed by atoms with Crippen molar-refractivity contribution in [3.63, 3.8) is 0 Å². The van der Waals surface area contributed by atoms with Gasteiger partial charge in [-0.15, -0.1) is 6.42 Å². The van der Waals surface area contributed by atoms with Crippen LogP contribution in [0.4, 0.5) is 0 Å². The van der Waals surface area contributed by atoms with Gasteiger partial charge in [-0.1, -0.05) is 18.1 Å². The highest BCUT2D eigenvalue weighted by Crippen LogP contribution is 2.22. The quantitative estimate of drug-likeness (QED) is 0.609. The minimum absolute atomic E-state index is 0.658. The first kappa shape index (κ1) is 16.7. The van der Waals surface area contributed by atoms with Crippen molar-refractivity contribution >= 4 is 12.2 Å². The van der Waals surface area contributed by atoms with Crippen molar-refractivity contribution in [2.75, 3.05) is 39.8 Å². The summed E-state index contributed by atoms with van der Waals surface area (Å²) in [5, 5.41) is 4.45. The number of hydrogen-bond donors (Lipinski definition) is 0. The number of benzene rings is 1. The Balaban J connectivity index is 1.72. The fourth-order valence-electron chi connectivity index (χ4n) is 2.84. The lowest BCUT2D eigenvalue weighted by molar-refractivity contribution is 0.111. The highest BCUT2D eigenvalue weighted by molar-refractivity contribution is 7.71. The van der Waals surface area contributed by atoms with Gasteiger partial charge in [0.1, 0.15) is 12.1 Å². The SMILES string of the molecule is C#CCN1CCN(Cn2ncn(-c3ccccc3OC)c2=S)CC1. The zero-order valence-electron chi connectivity index (χ0n) is 13.8. The molecule has 1 aromatic heterocycles. The number of hydrogen-bond acceptors (Lipinski definition) is 5. The summed E-state index contributed by atoms with van der Waals surface area (Å²) < 4.78 is 9.79. The molecule has 0 atom stereocenters. The molecule has 0 saturated carbocycles. The molecule has 3 rings (SSSR count). The monoisotopic (exact) mass is 343 g/mol. The van der Waals surface area contributed by atoms with Crippen molar-refractivity contribution in [1.29, 1.82) is 0 Å². The molecule has 24 heavy (non-hydrogen) atoms. The second kappa shape index (κ2) is 7.62.